The highest BCUT2D eigenvalue weighted by Crippen LogP contribution is 2.18. The molecule has 2 aromatic carbocycles. The van der Waals surface area contributed by atoms with Gasteiger partial charge in [0.15, 0.2) is 0 Å². The molecule has 2 heterocycles. The largest absolute Gasteiger partial charge is 0.481 e. The second-order valence-electron chi connectivity index (χ2n) is 8.54. The summed E-state index contributed by atoms with van der Waals surface area (Å²) < 4.78 is 7.19. The number of carbonyl (C=O) groups is 2. The van der Waals surface area contributed by atoms with Crippen molar-refractivity contribution in [1.82, 2.24) is 19.9 Å². The number of methoxy groups -OCH3 is 1. The first kappa shape index (κ1) is 24.9. The van der Waals surface area contributed by atoms with Gasteiger partial charge in [-0.15, -0.1) is 0 Å². The Morgan fingerprint density at radius 1 is 1.06 bits per heavy atom. The Hall–Kier alpha value is -4.20. The maximum atomic E-state index is 13.5. The number of aryl methyl sites for hydroxylation is 2. The van der Waals surface area contributed by atoms with E-state index in [-0.39, 0.29) is 18.2 Å². The van der Waals surface area contributed by atoms with Crippen LogP contribution in [0.5, 0.6) is 5.88 Å². The maximum absolute atomic E-state index is 13.5. The van der Waals surface area contributed by atoms with Crippen molar-refractivity contribution in [2.75, 3.05) is 19.1 Å². The van der Waals surface area contributed by atoms with Crippen LogP contribution < -0.4 is 15.0 Å². The molecule has 0 saturated carbocycles. The van der Waals surface area contributed by atoms with E-state index in [1.165, 1.54) is 4.90 Å². The minimum Gasteiger partial charge on any atom is -0.481 e. The van der Waals surface area contributed by atoms with Crippen molar-refractivity contribution in [3.8, 4) is 5.88 Å². The van der Waals surface area contributed by atoms with Gasteiger partial charge in [0.1, 0.15) is 11.9 Å². The van der Waals surface area contributed by atoms with Gasteiger partial charge in [-0.25, -0.2) is 9.97 Å². The van der Waals surface area contributed by atoms with Crippen LogP contribution in [-0.2, 0) is 29.0 Å². The maximum Gasteiger partial charge on any atom is 0.249 e. The Morgan fingerprint density at radius 2 is 1.81 bits per heavy atom. The lowest BCUT2D eigenvalue weighted by Gasteiger charge is -2.25. The van der Waals surface area contributed by atoms with Crippen LogP contribution in [0.2, 0.25) is 0 Å². The molecule has 0 unspecified atom stereocenters. The number of nitrogens with zero attached hydrogens (tertiary/aromatic N) is 4. The summed E-state index contributed by atoms with van der Waals surface area (Å²) in [6, 6.07) is 20.3. The zero-order chi connectivity index (χ0) is 25.5. The molecule has 1 N–H and O–H groups in total. The number of fused-ring (bicyclic) bond motifs is 1. The monoisotopic (exact) mass is 485 g/mol. The number of benzene rings is 2. The van der Waals surface area contributed by atoms with Crippen molar-refractivity contribution in [2.24, 2.45) is 0 Å². The Kier molecular flexibility index (Phi) is 7.95. The van der Waals surface area contributed by atoms with Crippen molar-refractivity contribution in [1.29, 1.82) is 0 Å². The van der Waals surface area contributed by atoms with Crippen LogP contribution in [0, 0.1) is 0 Å². The number of carbonyl (C=O) groups excluding carboxylic acids is 2. The Bertz CT molecular complexity index is 1320. The van der Waals surface area contributed by atoms with E-state index in [1.807, 2.05) is 54.6 Å². The molecule has 0 aliphatic carbocycles. The van der Waals surface area contributed by atoms with Gasteiger partial charge in [0.2, 0.25) is 17.7 Å². The minimum absolute atomic E-state index is 0.189. The van der Waals surface area contributed by atoms with Crippen molar-refractivity contribution in [3.05, 3.63) is 84.3 Å². The SMILES string of the molecule is CCc1nc2ccccc2n1CCC(=O)N[C@@H](Cc1ccccc1)C(=O)N(C)c1ccc(OC)nc1. The highest BCUT2D eigenvalue weighted by Gasteiger charge is 2.25. The molecule has 36 heavy (non-hydrogen) atoms. The summed E-state index contributed by atoms with van der Waals surface area (Å²) in [5, 5.41) is 2.98. The molecule has 0 aliphatic rings. The molecule has 0 bridgehead atoms. The van der Waals surface area contributed by atoms with Crippen LogP contribution >= 0.6 is 0 Å². The van der Waals surface area contributed by atoms with Crippen LogP contribution in [0.25, 0.3) is 11.0 Å². The van der Waals surface area contributed by atoms with Gasteiger partial charge < -0.3 is 19.5 Å². The summed E-state index contributed by atoms with van der Waals surface area (Å²) in [5.74, 6) is 0.992. The molecule has 186 valence electrons. The van der Waals surface area contributed by atoms with E-state index < -0.39 is 6.04 Å². The van der Waals surface area contributed by atoms with Gasteiger partial charge in [-0.3, -0.25) is 9.59 Å². The first-order chi connectivity index (χ1) is 17.5. The van der Waals surface area contributed by atoms with Gasteiger partial charge in [-0.1, -0.05) is 49.4 Å². The van der Waals surface area contributed by atoms with Gasteiger partial charge in [-0.2, -0.15) is 0 Å². The number of ether oxygens (including phenoxy) is 1. The molecular weight excluding hydrogens is 454 g/mol. The first-order valence-corrected chi connectivity index (χ1v) is 12.0. The molecule has 0 spiro atoms. The minimum atomic E-state index is -0.725. The number of imidazole rings is 1. The van der Waals surface area contributed by atoms with Crippen LogP contribution in [-0.4, -0.2) is 46.5 Å². The van der Waals surface area contributed by atoms with Gasteiger partial charge >= 0.3 is 0 Å². The first-order valence-electron chi connectivity index (χ1n) is 12.0. The summed E-state index contributed by atoms with van der Waals surface area (Å²) in [4.78, 5) is 36.9. The molecule has 4 aromatic rings. The third-order valence-electron chi connectivity index (χ3n) is 6.18. The van der Waals surface area contributed by atoms with E-state index in [1.54, 1.807) is 32.5 Å². The summed E-state index contributed by atoms with van der Waals surface area (Å²) in [6.45, 7) is 2.54. The Labute approximate surface area is 210 Å². The van der Waals surface area contributed by atoms with E-state index in [0.717, 1.165) is 28.8 Å². The molecule has 8 heteroatoms. The number of anilines is 1. The van der Waals surface area contributed by atoms with E-state index in [0.29, 0.717) is 24.5 Å². The quantitative estimate of drug-likeness (QED) is 0.369. The number of amides is 2. The molecule has 0 saturated heterocycles. The third kappa shape index (κ3) is 5.71. The van der Waals surface area contributed by atoms with Crippen molar-refractivity contribution < 1.29 is 14.3 Å². The lowest BCUT2D eigenvalue weighted by atomic mass is 10.0. The van der Waals surface area contributed by atoms with Crippen LogP contribution in [0.4, 0.5) is 5.69 Å². The summed E-state index contributed by atoms with van der Waals surface area (Å²) in [5.41, 5.74) is 3.50. The number of hydrogen-bond acceptors (Lipinski definition) is 5. The number of aromatic nitrogens is 3. The molecule has 0 radical (unpaired) electrons. The number of rotatable bonds is 10. The van der Waals surface area contributed by atoms with Crippen LogP contribution in [0.15, 0.2) is 72.9 Å². The molecule has 1 atom stereocenters. The fraction of sp³-hybridized carbons (Fsp3) is 0.286. The molecule has 2 aromatic heterocycles. The van der Waals surface area contributed by atoms with Crippen molar-refractivity contribution >= 4 is 28.5 Å². The lowest BCUT2D eigenvalue weighted by molar-refractivity contribution is -0.127. The molecule has 4 rings (SSSR count). The summed E-state index contributed by atoms with van der Waals surface area (Å²) >= 11 is 0. The number of nitrogens with one attached hydrogen (secondary N) is 1. The van der Waals surface area contributed by atoms with Crippen LogP contribution in [0.1, 0.15) is 24.7 Å². The lowest BCUT2D eigenvalue weighted by Crippen LogP contribution is -2.49. The topological polar surface area (TPSA) is 89.4 Å². The normalized spacial score (nSPS) is 11.8. The zero-order valence-corrected chi connectivity index (χ0v) is 20.8. The molecule has 0 aliphatic heterocycles. The second kappa shape index (κ2) is 11.5. The van der Waals surface area contributed by atoms with Gasteiger partial charge in [0, 0.05) is 38.9 Å². The molecule has 0 fully saturated rings. The summed E-state index contributed by atoms with van der Waals surface area (Å²) in [7, 11) is 3.22. The standard InChI is InChI=1S/C28H31N5O3/c1-4-25-30-22-12-8-9-13-24(22)33(25)17-16-26(34)31-23(18-20-10-6-5-7-11-20)28(35)32(2)21-14-15-27(36-3)29-19-21/h5-15,19,23H,4,16-18H2,1-3H3,(H,31,34)/t23-/m0/s1. The number of likely N-dealkylation sites (N-methyl/N-ethyl adjacent to an activating group) is 1. The fourth-order valence-corrected chi connectivity index (χ4v) is 4.23. The van der Waals surface area contributed by atoms with E-state index in [2.05, 4.69) is 26.8 Å². The molecule has 8 nitrogen and oxygen atoms in total. The van der Waals surface area contributed by atoms with E-state index in [4.69, 9.17) is 4.74 Å². The van der Waals surface area contributed by atoms with E-state index in [9.17, 15) is 9.59 Å². The number of pyridine rings is 1. The van der Waals surface area contributed by atoms with Crippen molar-refractivity contribution in [2.45, 2.75) is 38.8 Å². The predicted octanol–water partition coefficient (Wildman–Crippen LogP) is 3.78. The molecule has 2 amide bonds. The average Bonchev–Trinajstić information content (AvgIpc) is 3.29. The average molecular weight is 486 g/mol. The highest BCUT2D eigenvalue weighted by atomic mass is 16.5. The zero-order valence-electron chi connectivity index (χ0n) is 20.8. The Balaban J connectivity index is 1.49. The van der Waals surface area contributed by atoms with E-state index >= 15 is 0 Å². The highest BCUT2D eigenvalue weighted by molar-refractivity contribution is 5.98. The van der Waals surface area contributed by atoms with Crippen molar-refractivity contribution in [3.63, 3.8) is 0 Å². The smallest absolute Gasteiger partial charge is 0.249 e. The number of hydrogen-bond donors (Lipinski definition) is 1. The third-order valence-corrected chi connectivity index (χ3v) is 6.18. The molecular formula is C28H31N5O3. The van der Waals surface area contributed by atoms with Gasteiger partial charge in [0.25, 0.3) is 0 Å². The fourth-order valence-electron chi connectivity index (χ4n) is 4.23. The second-order valence-corrected chi connectivity index (χ2v) is 8.54. The van der Waals surface area contributed by atoms with Gasteiger partial charge in [-0.05, 0) is 23.8 Å². The van der Waals surface area contributed by atoms with Crippen LogP contribution in [0.3, 0.4) is 0 Å². The Morgan fingerprint density at radius 3 is 2.50 bits per heavy atom. The van der Waals surface area contributed by atoms with Gasteiger partial charge in [0.05, 0.1) is 30.0 Å². The predicted molar refractivity (Wildman–Crippen MR) is 140 cm³/mol. The summed E-state index contributed by atoms with van der Waals surface area (Å²) in [6.07, 6.45) is 2.97. The number of para-hydroxylation sites is 2.